The van der Waals surface area contributed by atoms with E-state index >= 15 is 0 Å². The Bertz CT molecular complexity index is 446. The molecule has 0 unspecified atom stereocenters. The van der Waals surface area contributed by atoms with Gasteiger partial charge in [0.25, 0.3) is 0 Å². The second kappa shape index (κ2) is 2.83. The molecule has 0 aromatic carbocycles. The number of aromatic nitrogens is 3. The Morgan fingerprint density at radius 3 is 3.21 bits per heavy atom. The highest BCUT2D eigenvalue weighted by molar-refractivity contribution is 5.72. The number of pyridine rings is 1. The van der Waals surface area contributed by atoms with E-state index in [0.717, 1.165) is 30.2 Å². The Kier molecular flexibility index (Phi) is 1.53. The van der Waals surface area contributed by atoms with Crippen molar-refractivity contribution in [2.75, 3.05) is 11.9 Å². The van der Waals surface area contributed by atoms with Gasteiger partial charge >= 0.3 is 0 Å². The van der Waals surface area contributed by atoms with E-state index in [2.05, 4.69) is 15.4 Å². The van der Waals surface area contributed by atoms with E-state index in [4.69, 9.17) is 0 Å². The summed E-state index contributed by atoms with van der Waals surface area (Å²) in [5.74, 6) is 1.09. The molecule has 70 valence electrons. The lowest BCUT2D eigenvalue weighted by molar-refractivity contribution is 0.696. The molecule has 2 aromatic rings. The van der Waals surface area contributed by atoms with Crippen LogP contribution in [0.3, 0.4) is 0 Å². The first-order valence-corrected chi connectivity index (χ1v) is 4.66. The topological polar surface area (TPSA) is 42.7 Å². The minimum absolute atomic E-state index is 0.947. The second-order valence-electron chi connectivity index (χ2n) is 3.27. The summed E-state index contributed by atoms with van der Waals surface area (Å²) >= 11 is 0. The molecule has 3 heterocycles. The van der Waals surface area contributed by atoms with Crippen molar-refractivity contribution >= 4 is 5.82 Å². The summed E-state index contributed by atoms with van der Waals surface area (Å²) < 4.78 is 1.98. The first-order valence-electron chi connectivity index (χ1n) is 4.66. The molecule has 0 bridgehead atoms. The largest absolute Gasteiger partial charge is 0.368 e. The lowest BCUT2D eigenvalue weighted by Crippen LogP contribution is -1.95. The summed E-state index contributed by atoms with van der Waals surface area (Å²) in [5.41, 5.74) is 2.06. The number of rotatable bonds is 1. The van der Waals surface area contributed by atoms with Crippen LogP contribution in [0.5, 0.6) is 0 Å². The highest BCUT2D eigenvalue weighted by Crippen LogP contribution is 2.28. The van der Waals surface area contributed by atoms with Crippen molar-refractivity contribution in [3.63, 3.8) is 0 Å². The van der Waals surface area contributed by atoms with Gasteiger partial charge in [-0.2, -0.15) is 5.10 Å². The molecule has 3 rings (SSSR count). The van der Waals surface area contributed by atoms with E-state index in [1.165, 1.54) is 0 Å². The Hall–Kier alpha value is -1.84. The maximum atomic E-state index is 4.31. The van der Waals surface area contributed by atoms with Gasteiger partial charge in [0.1, 0.15) is 5.82 Å². The minimum Gasteiger partial charge on any atom is -0.368 e. The van der Waals surface area contributed by atoms with Crippen LogP contribution >= 0.6 is 0 Å². The van der Waals surface area contributed by atoms with Gasteiger partial charge in [-0.25, -0.2) is 4.68 Å². The lowest BCUT2D eigenvalue weighted by Gasteiger charge is -1.99. The summed E-state index contributed by atoms with van der Waals surface area (Å²) in [6.45, 7) is 1.91. The molecule has 14 heavy (non-hydrogen) atoms. The molecule has 0 saturated heterocycles. The van der Waals surface area contributed by atoms with Crippen LogP contribution in [0.1, 0.15) is 0 Å². The third-order valence-electron chi connectivity index (χ3n) is 2.40. The molecule has 0 spiro atoms. The third-order valence-corrected chi connectivity index (χ3v) is 2.40. The van der Waals surface area contributed by atoms with Gasteiger partial charge in [0.05, 0.1) is 24.0 Å². The van der Waals surface area contributed by atoms with Crippen molar-refractivity contribution in [1.82, 2.24) is 14.8 Å². The van der Waals surface area contributed by atoms with Crippen molar-refractivity contribution in [1.29, 1.82) is 0 Å². The fraction of sp³-hybridized carbons (Fsp3) is 0.200. The third kappa shape index (κ3) is 1.00. The molecule has 1 N–H and O–H groups in total. The predicted molar refractivity (Wildman–Crippen MR) is 53.9 cm³/mol. The molecule has 1 aliphatic rings. The molecular weight excluding hydrogens is 176 g/mol. The Morgan fingerprint density at radius 2 is 2.36 bits per heavy atom. The zero-order valence-corrected chi connectivity index (χ0v) is 7.64. The summed E-state index contributed by atoms with van der Waals surface area (Å²) in [6, 6.07) is 5.90. The number of nitrogens with zero attached hydrogens (tertiary/aromatic N) is 3. The number of hydrogen-bond donors (Lipinski definition) is 1. The van der Waals surface area contributed by atoms with Gasteiger partial charge in [-0.1, -0.05) is 6.07 Å². The first-order chi connectivity index (χ1) is 6.95. The average molecular weight is 186 g/mol. The van der Waals surface area contributed by atoms with Crippen LogP contribution in [0.15, 0.2) is 30.6 Å². The van der Waals surface area contributed by atoms with Crippen LogP contribution in [0, 0.1) is 0 Å². The average Bonchev–Trinajstić information content (AvgIpc) is 2.79. The van der Waals surface area contributed by atoms with Crippen molar-refractivity contribution < 1.29 is 0 Å². The van der Waals surface area contributed by atoms with Gasteiger partial charge in [-0.05, 0) is 12.1 Å². The van der Waals surface area contributed by atoms with Crippen LogP contribution in [0.2, 0.25) is 0 Å². The molecule has 4 heteroatoms. The SMILES string of the molecule is c1ccc(-c2cnn3c2NCC3)nc1. The van der Waals surface area contributed by atoms with Crippen LogP contribution in [-0.4, -0.2) is 21.3 Å². The fourth-order valence-electron chi connectivity index (χ4n) is 1.73. The standard InChI is InChI=1S/C10H10N4/c1-2-4-11-9(3-1)8-7-13-14-6-5-12-10(8)14/h1-4,7,12H,5-6H2. The van der Waals surface area contributed by atoms with E-state index in [-0.39, 0.29) is 0 Å². The summed E-state index contributed by atoms with van der Waals surface area (Å²) in [6.07, 6.45) is 3.66. The molecule has 1 aliphatic heterocycles. The molecular formula is C10H10N4. The molecule has 4 nitrogen and oxygen atoms in total. The van der Waals surface area contributed by atoms with Gasteiger partial charge in [-0.3, -0.25) is 4.98 Å². The molecule has 0 saturated carbocycles. The van der Waals surface area contributed by atoms with Crippen LogP contribution < -0.4 is 5.32 Å². The van der Waals surface area contributed by atoms with Crippen LogP contribution in [-0.2, 0) is 6.54 Å². The minimum atomic E-state index is 0.947. The number of anilines is 1. The Morgan fingerprint density at radius 1 is 1.36 bits per heavy atom. The zero-order chi connectivity index (χ0) is 9.38. The van der Waals surface area contributed by atoms with Crippen molar-refractivity contribution in [3.8, 4) is 11.3 Å². The first kappa shape index (κ1) is 7.55. The number of fused-ring (bicyclic) bond motifs is 1. The molecule has 2 aromatic heterocycles. The van der Waals surface area contributed by atoms with Crippen molar-refractivity contribution in [2.24, 2.45) is 0 Å². The fourth-order valence-corrected chi connectivity index (χ4v) is 1.73. The second-order valence-corrected chi connectivity index (χ2v) is 3.27. The lowest BCUT2D eigenvalue weighted by atomic mass is 10.2. The van der Waals surface area contributed by atoms with Crippen LogP contribution in [0.25, 0.3) is 11.3 Å². The molecule has 0 aliphatic carbocycles. The van der Waals surface area contributed by atoms with Crippen molar-refractivity contribution in [3.05, 3.63) is 30.6 Å². The van der Waals surface area contributed by atoms with E-state index in [9.17, 15) is 0 Å². The monoisotopic (exact) mass is 186 g/mol. The van der Waals surface area contributed by atoms with Gasteiger partial charge in [0.15, 0.2) is 0 Å². The summed E-state index contributed by atoms with van der Waals surface area (Å²) in [7, 11) is 0. The summed E-state index contributed by atoms with van der Waals surface area (Å²) in [4.78, 5) is 4.31. The predicted octanol–water partition coefficient (Wildman–Crippen LogP) is 1.37. The maximum Gasteiger partial charge on any atom is 0.133 e. The number of hydrogen-bond acceptors (Lipinski definition) is 3. The molecule has 0 radical (unpaired) electrons. The van der Waals surface area contributed by atoms with Gasteiger partial charge < -0.3 is 5.32 Å². The molecule has 0 atom stereocenters. The number of nitrogens with one attached hydrogen (secondary N) is 1. The van der Waals surface area contributed by atoms with Gasteiger partial charge in [-0.15, -0.1) is 0 Å². The maximum absolute atomic E-state index is 4.31. The molecule has 0 amide bonds. The molecule has 0 fully saturated rings. The quantitative estimate of drug-likeness (QED) is 0.731. The van der Waals surface area contributed by atoms with E-state index in [1.807, 2.05) is 29.1 Å². The van der Waals surface area contributed by atoms with Crippen molar-refractivity contribution in [2.45, 2.75) is 6.54 Å². The normalized spacial score (nSPS) is 13.7. The van der Waals surface area contributed by atoms with E-state index < -0.39 is 0 Å². The zero-order valence-electron chi connectivity index (χ0n) is 7.64. The van der Waals surface area contributed by atoms with Gasteiger partial charge in [0, 0.05) is 12.7 Å². The van der Waals surface area contributed by atoms with Crippen LogP contribution in [0.4, 0.5) is 5.82 Å². The highest BCUT2D eigenvalue weighted by Gasteiger charge is 2.16. The smallest absolute Gasteiger partial charge is 0.133 e. The Labute approximate surface area is 81.6 Å². The Balaban J connectivity index is 2.13. The summed E-state index contributed by atoms with van der Waals surface area (Å²) in [5, 5.41) is 7.59. The van der Waals surface area contributed by atoms with E-state index in [0.29, 0.717) is 0 Å². The highest BCUT2D eigenvalue weighted by atomic mass is 15.4. The van der Waals surface area contributed by atoms with E-state index in [1.54, 1.807) is 6.20 Å². The van der Waals surface area contributed by atoms with Gasteiger partial charge in [0.2, 0.25) is 0 Å².